The summed E-state index contributed by atoms with van der Waals surface area (Å²) in [5.74, 6) is 0.463. The topological polar surface area (TPSA) is 90.7 Å². The number of anilines is 1. The molecule has 1 fully saturated rings. The van der Waals surface area contributed by atoms with Crippen molar-refractivity contribution in [1.82, 2.24) is 4.72 Å². The van der Waals surface area contributed by atoms with Gasteiger partial charge in [-0.2, -0.15) is 0 Å². The number of hydrogen-bond acceptors (Lipinski definition) is 5. The van der Waals surface area contributed by atoms with E-state index in [9.17, 15) is 8.42 Å². The molecule has 1 atom stereocenters. The van der Waals surface area contributed by atoms with E-state index in [0.29, 0.717) is 29.9 Å². The predicted molar refractivity (Wildman–Crippen MR) is 79.2 cm³/mol. The molecule has 0 saturated carbocycles. The second-order valence-electron chi connectivity index (χ2n) is 4.61. The summed E-state index contributed by atoms with van der Waals surface area (Å²) in [6, 6.07) is 2.93. The lowest BCUT2D eigenvalue weighted by molar-refractivity contribution is 0.186. The van der Waals surface area contributed by atoms with Crippen molar-refractivity contribution < 1.29 is 17.9 Å². The number of nitrogens with one attached hydrogen (secondary N) is 1. The van der Waals surface area contributed by atoms with Crippen LogP contribution >= 0.6 is 15.9 Å². The van der Waals surface area contributed by atoms with E-state index in [0.717, 1.165) is 6.42 Å². The number of sulfonamides is 1. The molecule has 0 radical (unpaired) electrons. The largest absolute Gasteiger partial charge is 0.495 e. The molecule has 0 spiro atoms. The summed E-state index contributed by atoms with van der Waals surface area (Å²) in [5.41, 5.74) is 6.09. The van der Waals surface area contributed by atoms with E-state index in [1.54, 1.807) is 6.07 Å². The van der Waals surface area contributed by atoms with Crippen LogP contribution in [-0.2, 0) is 14.8 Å². The number of hydrogen-bond donors (Lipinski definition) is 2. The lowest BCUT2D eigenvalue weighted by Crippen LogP contribution is -2.30. The second kappa shape index (κ2) is 6.30. The predicted octanol–water partition coefficient (Wildman–Crippen LogP) is 1.35. The van der Waals surface area contributed by atoms with Gasteiger partial charge in [0, 0.05) is 23.3 Å². The first-order valence-electron chi connectivity index (χ1n) is 6.14. The molecular weight excluding hydrogens is 348 g/mol. The first kappa shape index (κ1) is 15.6. The van der Waals surface area contributed by atoms with Gasteiger partial charge in [0.1, 0.15) is 10.6 Å². The summed E-state index contributed by atoms with van der Waals surface area (Å²) in [7, 11) is -2.24. The summed E-state index contributed by atoms with van der Waals surface area (Å²) < 4.78 is 38.2. The number of benzene rings is 1. The molecule has 1 saturated heterocycles. The lowest BCUT2D eigenvalue weighted by Gasteiger charge is -2.14. The minimum Gasteiger partial charge on any atom is -0.495 e. The second-order valence-corrected chi connectivity index (χ2v) is 7.20. The summed E-state index contributed by atoms with van der Waals surface area (Å²) >= 11 is 3.24. The fourth-order valence-electron chi connectivity index (χ4n) is 1.97. The summed E-state index contributed by atoms with van der Waals surface area (Å²) in [5, 5.41) is 0. The summed E-state index contributed by atoms with van der Waals surface area (Å²) in [6.07, 6.45) is 0.863. The van der Waals surface area contributed by atoms with Gasteiger partial charge in [0.2, 0.25) is 10.0 Å². The summed E-state index contributed by atoms with van der Waals surface area (Å²) in [6.45, 7) is 1.62. The Balaban J connectivity index is 2.21. The van der Waals surface area contributed by atoms with Crippen molar-refractivity contribution in [3.8, 4) is 5.75 Å². The zero-order chi connectivity index (χ0) is 14.8. The maximum atomic E-state index is 12.3. The number of nitrogens with two attached hydrogens (primary N) is 1. The summed E-state index contributed by atoms with van der Waals surface area (Å²) in [4.78, 5) is 0.0413. The molecule has 3 N–H and O–H groups in total. The highest BCUT2D eigenvalue weighted by atomic mass is 79.9. The van der Waals surface area contributed by atoms with Gasteiger partial charge < -0.3 is 15.2 Å². The van der Waals surface area contributed by atoms with Gasteiger partial charge in [0.05, 0.1) is 13.7 Å². The Morgan fingerprint density at radius 3 is 2.90 bits per heavy atom. The molecule has 1 unspecified atom stereocenters. The average molecular weight is 365 g/mol. The van der Waals surface area contributed by atoms with Crippen molar-refractivity contribution in [2.75, 3.05) is 32.6 Å². The van der Waals surface area contributed by atoms with Crippen molar-refractivity contribution in [2.45, 2.75) is 11.3 Å². The van der Waals surface area contributed by atoms with Crippen LogP contribution in [0, 0.1) is 5.92 Å². The quantitative estimate of drug-likeness (QED) is 0.769. The Bertz CT molecular complexity index is 585. The van der Waals surface area contributed by atoms with E-state index in [-0.39, 0.29) is 16.6 Å². The van der Waals surface area contributed by atoms with Crippen molar-refractivity contribution in [2.24, 2.45) is 5.92 Å². The molecule has 0 aromatic heterocycles. The molecule has 1 heterocycles. The molecule has 0 bridgehead atoms. The fourth-order valence-corrected chi connectivity index (χ4v) is 3.59. The Morgan fingerprint density at radius 2 is 2.30 bits per heavy atom. The average Bonchev–Trinajstić information content (AvgIpc) is 2.92. The molecule has 1 aromatic carbocycles. The van der Waals surface area contributed by atoms with Gasteiger partial charge >= 0.3 is 0 Å². The van der Waals surface area contributed by atoms with Crippen LogP contribution in [-0.4, -0.2) is 35.3 Å². The molecular formula is C12H17BrN2O4S. The zero-order valence-corrected chi connectivity index (χ0v) is 13.5. The molecule has 0 aliphatic carbocycles. The molecule has 20 heavy (non-hydrogen) atoms. The minimum atomic E-state index is -3.66. The van der Waals surface area contributed by atoms with E-state index in [4.69, 9.17) is 15.2 Å². The van der Waals surface area contributed by atoms with Gasteiger partial charge in [-0.1, -0.05) is 0 Å². The van der Waals surface area contributed by atoms with Crippen LogP contribution in [0.5, 0.6) is 5.75 Å². The molecule has 1 aliphatic rings. The highest BCUT2D eigenvalue weighted by Crippen LogP contribution is 2.32. The van der Waals surface area contributed by atoms with Crippen LogP contribution < -0.4 is 15.2 Å². The Morgan fingerprint density at radius 1 is 1.55 bits per heavy atom. The lowest BCUT2D eigenvalue weighted by atomic mass is 10.1. The van der Waals surface area contributed by atoms with Crippen molar-refractivity contribution >= 4 is 31.6 Å². The molecule has 0 amide bonds. The van der Waals surface area contributed by atoms with Crippen LogP contribution in [0.15, 0.2) is 21.5 Å². The normalized spacial score (nSPS) is 19.2. The van der Waals surface area contributed by atoms with Crippen LogP contribution in [0.2, 0.25) is 0 Å². The Labute approximate surface area is 126 Å². The highest BCUT2D eigenvalue weighted by Gasteiger charge is 2.24. The van der Waals surface area contributed by atoms with Gasteiger partial charge in [0.15, 0.2) is 0 Å². The SMILES string of the molecule is COc1cc(Br)c(N)cc1S(=O)(=O)NCC1CCOC1. The van der Waals surface area contributed by atoms with E-state index in [1.165, 1.54) is 13.2 Å². The van der Waals surface area contributed by atoms with E-state index < -0.39 is 10.0 Å². The van der Waals surface area contributed by atoms with Gasteiger partial charge in [-0.3, -0.25) is 0 Å². The third-order valence-electron chi connectivity index (χ3n) is 3.16. The maximum Gasteiger partial charge on any atom is 0.244 e. The first-order chi connectivity index (χ1) is 9.44. The maximum absolute atomic E-state index is 12.3. The molecule has 1 aliphatic heterocycles. The Kier molecular flexibility index (Phi) is 4.90. The van der Waals surface area contributed by atoms with E-state index >= 15 is 0 Å². The van der Waals surface area contributed by atoms with Crippen molar-refractivity contribution in [1.29, 1.82) is 0 Å². The third kappa shape index (κ3) is 3.43. The minimum absolute atomic E-state index is 0.0413. The van der Waals surface area contributed by atoms with Crippen LogP contribution in [0.3, 0.4) is 0 Å². The van der Waals surface area contributed by atoms with Gasteiger partial charge in [-0.25, -0.2) is 13.1 Å². The van der Waals surface area contributed by atoms with Gasteiger partial charge in [-0.15, -0.1) is 0 Å². The van der Waals surface area contributed by atoms with Crippen LogP contribution in [0.4, 0.5) is 5.69 Å². The van der Waals surface area contributed by atoms with Crippen LogP contribution in [0.25, 0.3) is 0 Å². The molecule has 2 rings (SSSR count). The first-order valence-corrected chi connectivity index (χ1v) is 8.42. The molecule has 6 nitrogen and oxygen atoms in total. The van der Waals surface area contributed by atoms with Gasteiger partial charge in [-0.05, 0) is 40.4 Å². The molecule has 1 aromatic rings. The van der Waals surface area contributed by atoms with Crippen LogP contribution in [0.1, 0.15) is 6.42 Å². The van der Waals surface area contributed by atoms with Crippen molar-refractivity contribution in [3.63, 3.8) is 0 Å². The number of halogens is 1. The van der Waals surface area contributed by atoms with Gasteiger partial charge in [0.25, 0.3) is 0 Å². The third-order valence-corrected chi connectivity index (χ3v) is 5.29. The molecule has 8 heteroatoms. The number of rotatable bonds is 5. The standard InChI is InChI=1S/C12H17BrN2O4S/c1-18-11-4-9(13)10(14)5-12(11)20(16,17)15-6-8-2-3-19-7-8/h4-5,8,15H,2-3,6-7,14H2,1H3. The highest BCUT2D eigenvalue weighted by molar-refractivity contribution is 9.10. The fraction of sp³-hybridized carbons (Fsp3) is 0.500. The number of methoxy groups -OCH3 is 1. The monoisotopic (exact) mass is 364 g/mol. The van der Waals surface area contributed by atoms with E-state index in [2.05, 4.69) is 20.7 Å². The molecule has 112 valence electrons. The zero-order valence-electron chi connectivity index (χ0n) is 11.1. The Hall–Kier alpha value is -0.830. The van der Waals surface area contributed by atoms with E-state index in [1.807, 2.05) is 0 Å². The van der Waals surface area contributed by atoms with Crippen molar-refractivity contribution in [3.05, 3.63) is 16.6 Å². The number of nitrogen functional groups attached to an aromatic ring is 1. The number of ether oxygens (including phenoxy) is 2. The smallest absolute Gasteiger partial charge is 0.244 e.